The van der Waals surface area contributed by atoms with Crippen LogP contribution < -0.4 is 5.56 Å². The fraction of sp³-hybridized carbons (Fsp3) is 0.217. The van der Waals surface area contributed by atoms with Gasteiger partial charge in [-0.25, -0.2) is 8.91 Å². The Morgan fingerprint density at radius 2 is 1.69 bits per heavy atom. The Bertz CT molecular complexity index is 1230. The van der Waals surface area contributed by atoms with Gasteiger partial charge in [0.1, 0.15) is 11.3 Å². The molecule has 0 fully saturated rings. The van der Waals surface area contributed by atoms with Crippen LogP contribution in [0.5, 0.6) is 0 Å². The van der Waals surface area contributed by atoms with Gasteiger partial charge in [-0.3, -0.25) is 4.79 Å². The van der Waals surface area contributed by atoms with Crippen LogP contribution in [-0.4, -0.2) is 19.3 Å². The van der Waals surface area contributed by atoms with Crippen LogP contribution in [0.2, 0.25) is 0 Å². The summed E-state index contributed by atoms with van der Waals surface area (Å²) in [7, 11) is 0. The summed E-state index contributed by atoms with van der Waals surface area (Å²) >= 11 is 0. The normalized spacial score (nSPS) is 12.4. The van der Waals surface area contributed by atoms with Crippen molar-refractivity contribution in [2.75, 3.05) is 0 Å². The van der Waals surface area contributed by atoms with Gasteiger partial charge in [0.15, 0.2) is 0 Å². The molecule has 0 aliphatic heterocycles. The summed E-state index contributed by atoms with van der Waals surface area (Å²) in [5.41, 5.74) is 5.48. The van der Waals surface area contributed by atoms with Gasteiger partial charge in [0.05, 0.1) is 18.3 Å². The van der Waals surface area contributed by atoms with E-state index in [2.05, 4.69) is 5.10 Å². The first kappa shape index (κ1) is 19.1. The summed E-state index contributed by atoms with van der Waals surface area (Å²) in [6.45, 7) is 6.11. The molecule has 0 spiro atoms. The summed E-state index contributed by atoms with van der Waals surface area (Å²) in [4.78, 5) is 12.9. The highest BCUT2D eigenvalue weighted by Gasteiger charge is 2.16. The van der Waals surface area contributed by atoms with E-state index in [1.165, 1.54) is 21.2 Å². The average molecular weight is 391 g/mol. The Morgan fingerprint density at radius 3 is 2.34 bits per heavy atom. The summed E-state index contributed by atoms with van der Waals surface area (Å²) in [6, 6.07) is 11.7. The predicted octanol–water partition coefficient (Wildman–Crippen LogP) is 3.96. The van der Waals surface area contributed by atoms with Gasteiger partial charge in [-0.2, -0.15) is 5.10 Å². The van der Waals surface area contributed by atoms with Crippen LogP contribution >= 0.6 is 0 Å². The first-order chi connectivity index (χ1) is 13.8. The van der Waals surface area contributed by atoms with E-state index in [9.17, 15) is 14.3 Å². The van der Waals surface area contributed by atoms with Crippen molar-refractivity contribution in [1.82, 2.24) is 14.2 Å². The molecule has 1 N–H and O–H groups in total. The largest absolute Gasteiger partial charge is 0.387 e. The fourth-order valence-corrected chi connectivity index (χ4v) is 3.93. The predicted molar refractivity (Wildman–Crippen MR) is 110 cm³/mol. The van der Waals surface area contributed by atoms with Crippen LogP contribution in [0, 0.1) is 26.6 Å². The summed E-state index contributed by atoms with van der Waals surface area (Å²) in [6.07, 6.45) is 2.51. The van der Waals surface area contributed by atoms with Gasteiger partial charge in [-0.15, -0.1) is 0 Å². The lowest BCUT2D eigenvalue weighted by Gasteiger charge is -2.18. The molecule has 6 heteroatoms. The lowest BCUT2D eigenvalue weighted by atomic mass is 9.95. The number of aliphatic hydroxyl groups excluding tert-OH is 1. The molecule has 0 radical (unpaired) electrons. The minimum atomic E-state index is -0.796. The zero-order valence-corrected chi connectivity index (χ0v) is 16.6. The lowest BCUT2D eigenvalue weighted by molar-refractivity contribution is 0.153. The van der Waals surface area contributed by atoms with Crippen molar-refractivity contribution < 1.29 is 9.50 Å². The quantitative estimate of drug-likeness (QED) is 0.573. The molecule has 0 bridgehead atoms. The number of hydrogen-bond acceptors (Lipinski definition) is 3. The molecular weight excluding hydrogens is 369 g/mol. The minimum absolute atomic E-state index is 0.150. The number of benzene rings is 2. The molecule has 4 rings (SSSR count). The van der Waals surface area contributed by atoms with Gasteiger partial charge < -0.3 is 9.67 Å². The number of nitrogens with zero attached hydrogens (tertiary/aromatic N) is 3. The molecule has 2 aromatic heterocycles. The van der Waals surface area contributed by atoms with Crippen LogP contribution in [0.15, 0.2) is 59.7 Å². The molecule has 1 atom stereocenters. The molecule has 2 heterocycles. The summed E-state index contributed by atoms with van der Waals surface area (Å²) in [5, 5.41) is 15.2. The van der Waals surface area contributed by atoms with Crippen LogP contribution in [0.1, 0.15) is 28.4 Å². The Hall–Kier alpha value is -3.25. The van der Waals surface area contributed by atoms with E-state index in [0.29, 0.717) is 11.2 Å². The van der Waals surface area contributed by atoms with E-state index in [1.807, 2.05) is 32.9 Å². The van der Waals surface area contributed by atoms with Crippen molar-refractivity contribution in [3.63, 3.8) is 0 Å². The van der Waals surface area contributed by atoms with Gasteiger partial charge in [-0.05, 0) is 67.8 Å². The van der Waals surface area contributed by atoms with Crippen LogP contribution in [0.25, 0.3) is 16.8 Å². The van der Waals surface area contributed by atoms with E-state index in [4.69, 9.17) is 0 Å². The van der Waals surface area contributed by atoms with E-state index in [0.717, 1.165) is 27.8 Å². The number of aliphatic hydroxyl groups is 1. The second-order valence-electron chi connectivity index (χ2n) is 7.45. The van der Waals surface area contributed by atoms with Crippen molar-refractivity contribution in [2.45, 2.75) is 33.4 Å². The van der Waals surface area contributed by atoms with Crippen molar-refractivity contribution in [1.29, 1.82) is 0 Å². The number of hydrogen-bond donors (Lipinski definition) is 1. The molecule has 148 valence electrons. The van der Waals surface area contributed by atoms with Gasteiger partial charge >= 0.3 is 0 Å². The first-order valence-corrected chi connectivity index (χ1v) is 9.44. The first-order valence-electron chi connectivity index (χ1n) is 9.44. The van der Waals surface area contributed by atoms with Crippen LogP contribution in [0.3, 0.4) is 0 Å². The highest BCUT2D eigenvalue weighted by atomic mass is 19.1. The maximum Gasteiger partial charge on any atom is 0.276 e. The van der Waals surface area contributed by atoms with Crippen molar-refractivity contribution in [3.05, 3.63) is 93.3 Å². The molecule has 0 aliphatic rings. The SMILES string of the molecule is Cc1cc(C)c([C@@H](O)Cn2ccn3nc(-c4ccc(F)cc4)cc3c2=O)c(C)c1. The Labute approximate surface area is 167 Å². The number of aromatic nitrogens is 3. The highest BCUT2D eigenvalue weighted by Crippen LogP contribution is 2.25. The minimum Gasteiger partial charge on any atom is -0.387 e. The van der Waals surface area contributed by atoms with E-state index in [1.54, 1.807) is 30.6 Å². The van der Waals surface area contributed by atoms with Gasteiger partial charge in [-0.1, -0.05) is 17.7 Å². The second-order valence-corrected chi connectivity index (χ2v) is 7.45. The molecule has 0 aliphatic carbocycles. The van der Waals surface area contributed by atoms with Crippen molar-refractivity contribution in [3.8, 4) is 11.3 Å². The smallest absolute Gasteiger partial charge is 0.276 e. The van der Waals surface area contributed by atoms with Gasteiger partial charge in [0, 0.05) is 18.0 Å². The van der Waals surface area contributed by atoms with Crippen LogP contribution in [-0.2, 0) is 6.54 Å². The van der Waals surface area contributed by atoms with Crippen molar-refractivity contribution >= 4 is 5.52 Å². The monoisotopic (exact) mass is 391 g/mol. The molecule has 29 heavy (non-hydrogen) atoms. The standard InChI is InChI=1S/C23H22FN3O2/c1-14-10-15(2)22(16(3)11-14)21(28)13-26-8-9-27-20(23(26)29)12-19(25-27)17-4-6-18(24)7-5-17/h4-12,21,28H,13H2,1-3H3/t21-/m0/s1. The van der Waals surface area contributed by atoms with E-state index < -0.39 is 6.10 Å². The molecule has 5 nitrogen and oxygen atoms in total. The van der Waals surface area contributed by atoms with Gasteiger partial charge in [0.25, 0.3) is 5.56 Å². The molecule has 0 saturated carbocycles. The fourth-order valence-electron chi connectivity index (χ4n) is 3.93. The maximum atomic E-state index is 13.2. The molecule has 2 aromatic carbocycles. The Morgan fingerprint density at radius 1 is 1.03 bits per heavy atom. The molecule has 0 amide bonds. The molecule has 0 unspecified atom stereocenters. The van der Waals surface area contributed by atoms with E-state index in [-0.39, 0.29) is 17.9 Å². The third-order valence-electron chi connectivity index (χ3n) is 5.18. The molecular formula is C23H22FN3O2. The number of halogens is 1. The molecule has 0 saturated heterocycles. The number of rotatable bonds is 4. The van der Waals surface area contributed by atoms with Crippen LogP contribution in [0.4, 0.5) is 4.39 Å². The number of fused-ring (bicyclic) bond motifs is 1. The third-order valence-corrected chi connectivity index (χ3v) is 5.18. The van der Waals surface area contributed by atoms with E-state index >= 15 is 0 Å². The zero-order chi connectivity index (χ0) is 20.7. The Balaban J connectivity index is 1.69. The molecule has 4 aromatic rings. The highest BCUT2D eigenvalue weighted by molar-refractivity contribution is 5.65. The summed E-state index contributed by atoms with van der Waals surface area (Å²) < 4.78 is 16.2. The maximum absolute atomic E-state index is 13.2. The summed E-state index contributed by atoms with van der Waals surface area (Å²) in [5.74, 6) is -0.324. The Kier molecular flexibility index (Phi) is 4.80. The average Bonchev–Trinajstić information content (AvgIpc) is 3.09. The lowest BCUT2D eigenvalue weighted by Crippen LogP contribution is -2.24. The van der Waals surface area contributed by atoms with Crippen molar-refractivity contribution in [2.24, 2.45) is 0 Å². The zero-order valence-electron chi connectivity index (χ0n) is 16.6. The number of aryl methyl sites for hydroxylation is 3. The second kappa shape index (κ2) is 7.29. The third kappa shape index (κ3) is 3.59. The van der Waals surface area contributed by atoms with Gasteiger partial charge in [0.2, 0.25) is 0 Å². The topological polar surface area (TPSA) is 59.5 Å².